The van der Waals surface area contributed by atoms with Crippen molar-refractivity contribution in [2.45, 2.75) is 17.7 Å². The number of rotatable bonds is 5. The highest BCUT2D eigenvalue weighted by Gasteiger charge is 2.34. The van der Waals surface area contributed by atoms with Crippen LogP contribution in [0.1, 0.15) is 12.8 Å². The SMILES string of the molecule is O=C(Oc1ccc(-n2cnnn2)cc1)C1CCN(S(=O)(=O)c2cc(Cl)ccc2Cl)CC1. The zero-order chi connectivity index (χ0) is 22.0. The molecule has 0 bridgehead atoms. The van der Waals surface area contributed by atoms with E-state index in [4.69, 9.17) is 27.9 Å². The fourth-order valence-electron chi connectivity index (χ4n) is 3.29. The first-order valence-corrected chi connectivity index (χ1v) is 11.5. The van der Waals surface area contributed by atoms with Crippen LogP contribution in [-0.2, 0) is 14.8 Å². The van der Waals surface area contributed by atoms with E-state index in [9.17, 15) is 13.2 Å². The van der Waals surface area contributed by atoms with E-state index in [0.717, 1.165) is 5.69 Å². The second kappa shape index (κ2) is 8.91. The normalized spacial score (nSPS) is 15.7. The van der Waals surface area contributed by atoms with Crippen LogP contribution in [0.5, 0.6) is 5.75 Å². The average molecular weight is 482 g/mol. The largest absolute Gasteiger partial charge is 0.426 e. The van der Waals surface area contributed by atoms with E-state index in [2.05, 4.69) is 15.5 Å². The Morgan fingerprint density at radius 2 is 1.77 bits per heavy atom. The van der Waals surface area contributed by atoms with Gasteiger partial charge in [-0.3, -0.25) is 4.79 Å². The maximum Gasteiger partial charge on any atom is 0.314 e. The number of nitrogens with zero attached hydrogens (tertiary/aromatic N) is 5. The van der Waals surface area contributed by atoms with Crippen molar-refractivity contribution in [1.29, 1.82) is 0 Å². The van der Waals surface area contributed by atoms with Gasteiger partial charge in [0.2, 0.25) is 10.0 Å². The number of halogens is 2. The minimum atomic E-state index is -3.80. The molecule has 9 nitrogen and oxygen atoms in total. The van der Waals surface area contributed by atoms with Gasteiger partial charge in [0.1, 0.15) is 17.0 Å². The summed E-state index contributed by atoms with van der Waals surface area (Å²) in [6, 6.07) is 11.1. The first-order chi connectivity index (χ1) is 14.8. The summed E-state index contributed by atoms with van der Waals surface area (Å²) in [5.74, 6) is -0.406. The number of carbonyl (C=O) groups is 1. The second-order valence-corrected chi connectivity index (χ2v) is 9.67. The van der Waals surface area contributed by atoms with Gasteiger partial charge in [-0.2, -0.15) is 4.31 Å². The minimum Gasteiger partial charge on any atom is -0.426 e. The lowest BCUT2D eigenvalue weighted by Crippen LogP contribution is -2.41. The van der Waals surface area contributed by atoms with Crippen molar-refractivity contribution in [2.75, 3.05) is 13.1 Å². The van der Waals surface area contributed by atoms with Crippen molar-refractivity contribution >= 4 is 39.2 Å². The predicted molar refractivity (Wildman–Crippen MR) is 113 cm³/mol. The van der Waals surface area contributed by atoms with Crippen LogP contribution in [0.2, 0.25) is 10.0 Å². The maximum atomic E-state index is 12.9. The molecule has 0 N–H and O–H groups in total. The predicted octanol–water partition coefficient (Wildman–Crippen LogP) is 2.98. The third-order valence-corrected chi connectivity index (χ3v) is 7.58. The van der Waals surface area contributed by atoms with Crippen molar-refractivity contribution in [3.05, 3.63) is 58.8 Å². The van der Waals surface area contributed by atoms with E-state index in [0.29, 0.717) is 18.6 Å². The van der Waals surface area contributed by atoms with Crippen molar-refractivity contribution in [2.24, 2.45) is 5.92 Å². The lowest BCUT2D eigenvalue weighted by atomic mass is 9.98. The summed E-state index contributed by atoms with van der Waals surface area (Å²) < 4.78 is 34.1. The summed E-state index contributed by atoms with van der Waals surface area (Å²) in [5.41, 5.74) is 0.725. The number of benzene rings is 2. The molecule has 4 rings (SSSR count). The Balaban J connectivity index is 1.37. The van der Waals surface area contributed by atoms with Crippen molar-refractivity contribution in [3.8, 4) is 11.4 Å². The summed E-state index contributed by atoms with van der Waals surface area (Å²) in [7, 11) is -3.80. The van der Waals surface area contributed by atoms with Crippen molar-refractivity contribution < 1.29 is 17.9 Å². The zero-order valence-corrected chi connectivity index (χ0v) is 18.4. The standard InChI is InChI=1S/C19H17Cl2N5O4S/c20-14-1-6-17(21)18(11-14)31(28,29)25-9-7-13(8-10-25)19(27)30-16-4-2-15(3-5-16)26-12-22-23-24-26/h1-6,11-13H,7-10H2. The molecule has 3 aromatic rings. The van der Waals surface area contributed by atoms with Crippen LogP contribution in [0.3, 0.4) is 0 Å². The summed E-state index contributed by atoms with van der Waals surface area (Å²) >= 11 is 12.0. The average Bonchev–Trinajstić information content (AvgIpc) is 3.31. The summed E-state index contributed by atoms with van der Waals surface area (Å²) in [4.78, 5) is 12.5. The number of esters is 1. The Labute approximate surface area is 188 Å². The van der Waals surface area contributed by atoms with Crippen molar-refractivity contribution in [3.63, 3.8) is 0 Å². The highest BCUT2D eigenvalue weighted by Crippen LogP contribution is 2.30. The number of hydrogen-bond acceptors (Lipinski definition) is 7. The molecule has 0 unspecified atom stereocenters. The lowest BCUT2D eigenvalue weighted by Gasteiger charge is -2.30. The number of aromatic nitrogens is 4. The minimum absolute atomic E-state index is 0.0367. The number of hydrogen-bond donors (Lipinski definition) is 0. The molecule has 1 aliphatic heterocycles. The molecule has 12 heteroatoms. The number of sulfonamides is 1. The number of ether oxygens (including phenoxy) is 1. The van der Waals surface area contributed by atoms with Gasteiger partial charge in [0.15, 0.2) is 0 Å². The Bertz CT molecular complexity index is 1180. The smallest absolute Gasteiger partial charge is 0.314 e. The molecule has 162 valence electrons. The van der Waals surface area contributed by atoms with Gasteiger partial charge in [-0.15, -0.1) is 5.10 Å². The zero-order valence-electron chi connectivity index (χ0n) is 16.1. The first-order valence-electron chi connectivity index (χ1n) is 9.35. The van der Waals surface area contributed by atoms with Crippen LogP contribution >= 0.6 is 23.2 Å². The Morgan fingerprint density at radius 1 is 1.06 bits per heavy atom. The number of tetrazole rings is 1. The Hall–Kier alpha value is -2.53. The molecule has 2 aromatic carbocycles. The Morgan fingerprint density at radius 3 is 2.42 bits per heavy atom. The van der Waals surface area contributed by atoms with Gasteiger partial charge in [0.05, 0.1) is 16.6 Å². The molecule has 1 fully saturated rings. The summed E-state index contributed by atoms with van der Waals surface area (Å²) in [6.07, 6.45) is 2.15. The van der Waals surface area contributed by atoms with Gasteiger partial charge in [-0.1, -0.05) is 23.2 Å². The fourth-order valence-corrected chi connectivity index (χ4v) is 5.50. The van der Waals surface area contributed by atoms with Gasteiger partial charge in [0.25, 0.3) is 0 Å². The van der Waals surface area contributed by atoms with Gasteiger partial charge in [0, 0.05) is 18.1 Å². The molecule has 0 radical (unpaired) electrons. The summed E-state index contributed by atoms with van der Waals surface area (Å²) in [5, 5.41) is 11.3. The molecular formula is C19H17Cl2N5O4S. The van der Waals surface area contributed by atoms with Gasteiger partial charge in [-0.05, 0) is 65.7 Å². The topological polar surface area (TPSA) is 107 Å². The van der Waals surface area contributed by atoms with E-state index < -0.39 is 21.9 Å². The quantitative estimate of drug-likeness (QED) is 0.407. The van der Waals surface area contributed by atoms with Crippen LogP contribution in [0.25, 0.3) is 5.69 Å². The van der Waals surface area contributed by atoms with Crippen LogP contribution in [0, 0.1) is 5.92 Å². The summed E-state index contributed by atoms with van der Waals surface area (Å²) in [6.45, 7) is 0.367. The maximum absolute atomic E-state index is 12.9. The number of piperidine rings is 1. The fraction of sp³-hybridized carbons (Fsp3) is 0.263. The van der Waals surface area contributed by atoms with E-state index in [1.54, 1.807) is 24.3 Å². The monoisotopic (exact) mass is 481 g/mol. The molecule has 2 heterocycles. The molecule has 0 amide bonds. The molecule has 0 aliphatic carbocycles. The highest BCUT2D eigenvalue weighted by molar-refractivity contribution is 7.89. The Kier molecular flexibility index (Phi) is 6.24. The van der Waals surface area contributed by atoms with E-state index >= 15 is 0 Å². The third-order valence-electron chi connectivity index (χ3n) is 4.97. The van der Waals surface area contributed by atoms with Gasteiger partial charge in [-0.25, -0.2) is 13.1 Å². The molecule has 1 aliphatic rings. The van der Waals surface area contributed by atoms with E-state index in [1.165, 1.54) is 33.5 Å². The molecule has 0 atom stereocenters. The van der Waals surface area contributed by atoms with Crippen LogP contribution < -0.4 is 4.74 Å². The van der Waals surface area contributed by atoms with Crippen LogP contribution in [0.4, 0.5) is 0 Å². The third kappa shape index (κ3) is 4.72. The molecule has 0 spiro atoms. The van der Waals surface area contributed by atoms with Crippen LogP contribution in [0.15, 0.2) is 53.7 Å². The number of carbonyl (C=O) groups excluding carboxylic acids is 1. The lowest BCUT2D eigenvalue weighted by molar-refractivity contribution is -0.140. The van der Waals surface area contributed by atoms with Gasteiger partial charge < -0.3 is 4.74 Å². The van der Waals surface area contributed by atoms with Crippen molar-refractivity contribution in [1.82, 2.24) is 24.5 Å². The molecule has 31 heavy (non-hydrogen) atoms. The van der Waals surface area contributed by atoms with E-state index in [-0.39, 0.29) is 28.0 Å². The molecular weight excluding hydrogens is 465 g/mol. The van der Waals surface area contributed by atoms with Gasteiger partial charge >= 0.3 is 5.97 Å². The highest BCUT2D eigenvalue weighted by atomic mass is 35.5. The first kappa shape index (κ1) is 21.7. The molecule has 1 saturated heterocycles. The molecule has 0 saturated carbocycles. The van der Waals surface area contributed by atoms with E-state index in [1.807, 2.05) is 0 Å². The second-order valence-electron chi connectivity index (χ2n) is 6.92. The molecule has 1 aromatic heterocycles. The van der Waals surface area contributed by atoms with Crippen LogP contribution in [-0.4, -0.2) is 52.0 Å².